The van der Waals surface area contributed by atoms with Crippen LogP contribution < -0.4 is 5.62 Å². The van der Waals surface area contributed by atoms with Crippen LogP contribution in [0.25, 0.3) is 11.2 Å². The fourth-order valence-electron chi connectivity index (χ4n) is 4.60. The summed E-state index contributed by atoms with van der Waals surface area (Å²) >= 11 is 0. The average molecular weight is 472 g/mol. The molecule has 0 aliphatic heterocycles. The van der Waals surface area contributed by atoms with E-state index in [4.69, 9.17) is 0 Å². The van der Waals surface area contributed by atoms with Crippen LogP contribution in [0.3, 0.4) is 0 Å². The largest absolute Gasteiger partial charge is 0.387 e. The topological polar surface area (TPSA) is 87.1 Å². The molecule has 2 atom stereocenters. The van der Waals surface area contributed by atoms with Gasteiger partial charge in [0, 0.05) is 19.8 Å². The van der Waals surface area contributed by atoms with Crippen molar-refractivity contribution in [3.63, 3.8) is 0 Å². The molecule has 1 amide bonds. The summed E-state index contributed by atoms with van der Waals surface area (Å²) < 4.78 is 3.93. The Morgan fingerprint density at radius 2 is 1.66 bits per heavy atom. The Morgan fingerprint density at radius 1 is 1.03 bits per heavy atom. The van der Waals surface area contributed by atoms with Crippen molar-refractivity contribution in [3.05, 3.63) is 94.7 Å². The van der Waals surface area contributed by atoms with Gasteiger partial charge in [-0.1, -0.05) is 59.7 Å². The summed E-state index contributed by atoms with van der Waals surface area (Å²) in [6, 6.07) is 20.3. The van der Waals surface area contributed by atoms with Gasteiger partial charge in [-0.25, -0.2) is 4.98 Å². The first-order chi connectivity index (χ1) is 16.8. The lowest BCUT2D eigenvalue weighted by Crippen LogP contribution is -2.39. The summed E-state index contributed by atoms with van der Waals surface area (Å²) in [5.41, 5.74) is 6.50. The Labute approximate surface area is 205 Å². The first kappa shape index (κ1) is 24.4. The van der Waals surface area contributed by atoms with Gasteiger partial charge >= 0.3 is 0 Å². The number of fused-ring (bicyclic) bond motifs is 1. The van der Waals surface area contributed by atoms with Crippen LogP contribution in [0, 0.1) is 19.3 Å². The highest BCUT2D eigenvalue weighted by atomic mass is 16.3. The van der Waals surface area contributed by atoms with Gasteiger partial charge in [0.1, 0.15) is 6.61 Å². The van der Waals surface area contributed by atoms with Gasteiger partial charge in [-0.3, -0.25) is 14.8 Å². The molecule has 0 aliphatic carbocycles. The number of pyridine rings is 1. The monoisotopic (exact) mass is 471 g/mol. The fraction of sp³-hybridized carbons (Fsp3) is 0.321. The molecule has 0 aliphatic rings. The summed E-state index contributed by atoms with van der Waals surface area (Å²) in [4.78, 5) is 18.4. The summed E-state index contributed by atoms with van der Waals surface area (Å²) in [5.74, 6) is -0.351. The Balaban J connectivity index is 1.85. The maximum absolute atomic E-state index is 12.2. The molecule has 0 spiro atoms. The second kappa shape index (κ2) is 10.3. The van der Waals surface area contributed by atoms with E-state index in [1.807, 2.05) is 21.3 Å². The van der Waals surface area contributed by atoms with Crippen LogP contribution in [0.15, 0.2) is 66.9 Å². The van der Waals surface area contributed by atoms with Crippen molar-refractivity contribution in [2.45, 2.75) is 39.3 Å². The SMILES string of the molecule is Cc1ccc(C[C@@H](CN(C)C(=O)CO)n2c(=N)n(C(C)c3ccc(C)cc3)c3cccnc32)cc1. The van der Waals surface area contributed by atoms with Crippen LogP contribution in [0.1, 0.15) is 41.3 Å². The fourth-order valence-corrected chi connectivity index (χ4v) is 4.60. The van der Waals surface area contributed by atoms with Crippen molar-refractivity contribution in [2.24, 2.45) is 0 Å². The highest BCUT2D eigenvalue weighted by molar-refractivity contribution is 5.77. The number of rotatable bonds is 8. The Kier molecular flexibility index (Phi) is 7.17. The number of benzene rings is 2. The maximum atomic E-state index is 12.2. The van der Waals surface area contributed by atoms with Crippen LogP contribution in [-0.2, 0) is 11.2 Å². The lowest BCUT2D eigenvalue weighted by atomic mass is 10.0. The van der Waals surface area contributed by atoms with Gasteiger partial charge in [-0.15, -0.1) is 0 Å². The molecular weight excluding hydrogens is 438 g/mol. The van der Waals surface area contributed by atoms with Crippen molar-refractivity contribution in [3.8, 4) is 0 Å². The number of nitrogens with one attached hydrogen (secondary N) is 1. The van der Waals surface area contributed by atoms with Gasteiger partial charge in [0.15, 0.2) is 5.65 Å². The van der Waals surface area contributed by atoms with Gasteiger partial charge < -0.3 is 14.6 Å². The van der Waals surface area contributed by atoms with E-state index in [2.05, 4.69) is 74.3 Å². The summed E-state index contributed by atoms with van der Waals surface area (Å²) in [6.45, 7) is 6.01. The van der Waals surface area contributed by atoms with Gasteiger partial charge in [-0.2, -0.15) is 0 Å². The highest BCUT2D eigenvalue weighted by Gasteiger charge is 2.25. The normalized spacial score (nSPS) is 13.1. The number of aliphatic hydroxyl groups excluding tert-OH is 1. The number of nitrogens with zero attached hydrogens (tertiary/aromatic N) is 4. The van der Waals surface area contributed by atoms with E-state index >= 15 is 0 Å². The van der Waals surface area contributed by atoms with Crippen LogP contribution in [0.2, 0.25) is 0 Å². The van der Waals surface area contributed by atoms with E-state index in [1.54, 1.807) is 13.2 Å². The van der Waals surface area contributed by atoms with Crippen LogP contribution >= 0.6 is 0 Å². The molecule has 7 nitrogen and oxygen atoms in total. The number of aryl methyl sites for hydroxylation is 2. The smallest absolute Gasteiger partial charge is 0.248 e. The molecule has 0 saturated heterocycles. The number of likely N-dealkylation sites (N-methyl/N-ethyl adjacent to an activating group) is 1. The minimum absolute atomic E-state index is 0.0760. The molecule has 0 saturated carbocycles. The zero-order valence-corrected chi connectivity index (χ0v) is 20.8. The molecule has 35 heavy (non-hydrogen) atoms. The van der Waals surface area contributed by atoms with E-state index in [-0.39, 0.29) is 18.0 Å². The maximum Gasteiger partial charge on any atom is 0.248 e. The Morgan fingerprint density at radius 3 is 2.29 bits per heavy atom. The van der Waals surface area contributed by atoms with E-state index < -0.39 is 6.61 Å². The molecule has 4 rings (SSSR count). The number of carbonyl (C=O) groups is 1. The second-order valence-corrected chi connectivity index (χ2v) is 9.27. The molecule has 0 bridgehead atoms. The predicted octanol–water partition coefficient (Wildman–Crippen LogP) is 3.78. The van der Waals surface area contributed by atoms with Crippen LogP contribution in [-0.4, -0.2) is 50.2 Å². The molecule has 2 N–H and O–H groups in total. The quantitative estimate of drug-likeness (QED) is 0.410. The minimum atomic E-state index is -0.545. The number of aliphatic hydroxyl groups is 1. The van der Waals surface area contributed by atoms with Crippen molar-refractivity contribution >= 4 is 17.1 Å². The van der Waals surface area contributed by atoms with E-state index in [0.717, 1.165) is 16.6 Å². The first-order valence-electron chi connectivity index (χ1n) is 11.9. The molecule has 7 heteroatoms. The summed E-state index contributed by atoms with van der Waals surface area (Å²) in [6.07, 6.45) is 2.36. The second-order valence-electron chi connectivity index (χ2n) is 9.27. The Bertz CT molecular complexity index is 1370. The molecule has 182 valence electrons. The third-order valence-corrected chi connectivity index (χ3v) is 6.66. The molecular formula is C28H33N5O2. The molecule has 0 fully saturated rings. The van der Waals surface area contributed by atoms with Crippen LogP contribution in [0.4, 0.5) is 0 Å². The van der Waals surface area contributed by atoms with Gasteiger partial charge in [0.05, 0.1) is 17.6 Å². The molecule has 4 aromatic rings. The standard InChI is InChI=1S/C28H33N5O2/c1-19-7-11-22(12-8-19)16-24(17-31(4)26(35)18-34)33-27-25(6-5-15-30-27)32(28(33)29)21(3)23-13-9-20(2)10-14-23/h5-15,21,24,29,34H,16-18H2,1-4H3/t21?,24-/m0/s1. The zero-order chi connectivity index (χ0) is 25.1. The molecule has 2 aromatic heterocycles. The van der Waals surface area contributed by atoms with Crippen LogP contribution in [0.5, 0.6) is 0 Å². The molecule has 2 aromatic carbocycles. The predicted molar refractivity (Wildman–Crippen MR) is 137 cm³/mol. The Hall–Kier alpha value is -3.71. The molecule has 2 heterocycles. The van der Waals surface area contributed by atoms with Crippen molar-refractivity contribution in [1.29, 1.82) is 5.41 Å². The number of amides is 1. The minimum Gasteiger partial charge on any atom is -0.387 e. The van der Waals surface area contributed by atoms with Crippen molar-refractivity contribution in [2.75, 3.05) is 20.2 Å². The first-order valence-corrected chi connectivity index (χ1v) is 11.9. The van der Waals surface area contributed by atoms with E-state index in [9.17, 15) is 15.3 Å². The third kappa shape index (κ3) is 5.05. The zero-order valence-electron chi connectivity index (χ0n) is 20.8. The van der Waals surface area contributed by atoms with Gasteiger partial charge in [-0.05, 0) is 50.5 Å². The summed E-state index contributed by atoms with van der Waals surface area (Å²) in [7, 11) is 1.69. The molecule has 0 radical (unpaired) electrons. The van der Waals surface area contributed by atoms with E-state index in [0.29, 0.717) is 24.2 Å². The van der Waals surface area contributed by atoms with Crippen molar-refractivity contribution in [1.82, 2.24) is 19.0 Å². The highest BCUT2D eigenvalue weighted by Crippen LogP contribution is 2.25. The van der Waals surface area contributed by atoms with Crippen molar-refractivity contribution < 1.29 is 9.90 Å². The third-order valence-electron chi connectivity index (χ3n) is 6.66. The van der Waals surface area contributed by atoms with E-state index in [1.165, 1.54) is 16.0 Å². The molecule has 1 unspecified atom stereocenters. The number of imidazole rings is 1. The summed E-state index contributed by atoms with van der Waals surface area (Å²) in [5, 5.41) is 18.7. The van der Waals surface area contributed by atoms with Gasteiger partial charge in [0.2, 0.25) is 11.5 Å². The number of aromatic nitrogens is 3. The average Bonchev–Trinajstić information content (AvgIpc) is 3.16. The number of hydrogen-bond acceptors (Lipinski definition) is 4. The lowest BCUT2D eigenvalue weighted by Gasteiger charge is -2.25. The number of hydrogen-bond donors (Lipinski definition) is 2. The van der Waals surface area contributed by atoms with Gasteiger partial charge in [0.25, 0.3) is 0 Å². The number of carbonyl (C=O) groups excluding carboxylic acids is 1. The lowest BCUT2D eigenvalue weighted by molar-refractivity contribution is -0.133.